The van der Waals surface area contributed by atoms with Crippen molar-refractivity contribution in [3.63, 3.8) is 0 Å². The molecule has 10 heteroatoms. The Morgan fingerprint density at radius 3 is 2.60 bits per heavy atom. The molecule has 0 aliphatic rings. The number of nitrogens with zero attached hydrogens (tertiary/aromatic N) is 1. The molecule has 0 saturated carbocycles. The number of esters is 1. The van der Waals surface area contributed by atoms with E-state index in [2.05, 4.69) is 10.5 Å². The Kier molecular flexibility index (Phi) is 4.98. The van der Waals surface area contributed by atoms with Gasteiger partial charge in [0.25, 0.3) is 11.6 Å². The number of carbonyl (C=O) groups is 3. The van der Waals surface area contributed by atoms with Crippen molar-refractivity contribution in [1.82, 2.24) is 5.32 Å². The number of benzene rings is 1. The van der Waals surface area contributed by atoms with E-state index < -0.39 is 40.7 Å². The summed E-state index contributed by atoms with van der Waals surface area (Å²) < 4.78 is 4.51. The third kappa shape index (κ3) is 4.21. The van der Waals surface area contributed by atoms with Crippen molar-refractivity contribution in [2.24, 2.45) is 5.73 Å². The van der Waals surface area contributed by atoms with Crippen molar-refractivity contribution in [1.29, 1.82) is 0 Å². The molecular weight excluding hydrogens is 294 g/mol. The molecule has 3 amide bonds. The monoisotopic (exact) mass is 301 g/mol. The van der Waals surface area contributed by atoms with E-state index >= 15 is 0 Å². The van der Waals surface area contributed by atoms with Crippen molar-refractivity contribution in [3.8, 4) is 0 Å². The van der Waals surface area contributed by atoms with E-state index in [0.717, 1.165) is 12.1 Å². The molecule has 106 valence electrons. The molecule has 20 heavy (non-hydrogen) atoms. The Morgan fingerprint density at radius 2 is 2.05 bits per heavy atom. The summed E-state index contributed by atoms with van der Waals surface area (Å²) in [5, 5.41) is 12.5. The third-order valence-electron chi connectivity index (χ3n) is 1.97. The predicted molar refractivity (Wildman–Crippen MR) is 66.1 cm³/mol. The third-order valence-corrected chi connectivity index (χ3v) is 2.21. The van der Waals surface area contributed by atoms with Gasteiger partial charge in [-0.05, 0) is 12.1 Å². The minimum absolute atomic E-state index is 0.0872. The highest BCUT2D eigenvalue weighted by atomic mass is 35.5. The Hall–Kier alpha value is -2.68. The molecule has 1 aromatic carbocycles. The normalized spacial score (nSPS) is 9.65. The molecule has 0 fully saturated rings. The Labute approximate surface area is 116 Å². The average molecular weight is 302 g/mol. The number of nitrogens with one attached hydrogen (secondary N) is 1. The van der Waals surface area contributed by atoms with Gasteiger partial charge in [-0.2, -0.15) is 0 Å². The quantitative estimate of drug-likeness (QED) is 0.473. The number of imide groups is 1. The molecule has 0 aliphatic carbocycles. The molecule has 0 radical (unpaired) electrons. The number of halogens is 1. The summed E-state index contributed by atoms with van der Waals surface area (Å²) in [5.74, 6) is -2.09. The molecule has 0 bridgehead atoms. The molecule has 1 aromatic rings. The molecule has 0 saturated heterocycles. The van der Waals surface area contributed by atoms with Gasteiger partial charge in [0.05, 0.1) is 4.92 Å². The SMILES string of the molecule is NC(=O)NC(=O)COC(=O)c1cc(Cl)ccc1[N+](=O)[O-]. The summed E-state index contributed by atoms with van der Waals surface area (Å²) in [5.41, 5.74) is 3.75. The van der Waals surface area contributed by atoms with Gasteiger partial charge < -0.3 is 10.5 Å². The Balaban J connectivity index is 2.82. The maximum absolute atomic E-state index is 11.6. The Morgan fingerprint density at radius 1 is 1.40 bits per heavy atom. The first-order valence-electron chi connectivity index (χ1n) is 5.01. The summed E-state index contributed by atoms with van der Waals surface area (Å²) in [6.07, 6.45) is 0. The fourth-order valence-corrected chi connectivity index (χ4v) is 1.39. The van der Waals surface area contributed by atoms with E-state index in [-0.39, 0.29) is 5.02 Å². The number of primary amides is 1. The molecule has 0 aliphatic heterocycles. The van der Waals surface area contributed by atoms with Crippen LogP contribution in [0.2, 0.25) is 5.02 Å². The molecule has 0 aromatic heterocycles. The lowest BCUT2D eigenvalue weighted by atomic mass is 10.2. The van der Waals surface area contributed by atoms with Crippen LogP contribution in [-0.2, 0) is 9.53 Å². The topological polar surface area (TPSA) is 142 Å². The van der Waals surface area contributed by atoms with Gasteiger partial charge in [-0.3, -0.25) is 20.2 Å². The van der Waals surface area contributed by atoms with Gasteiger partial charge in [0, 0.05) is 11.1 Å². The minimum atomic E-state index is -1.13. The fraction of sp³-hybridized carbons (Fsp3) is 0.100. The van der Waals surface area contributed by atoms with Gasteiger partial charge in [-0.25, -0.2) is 9.59 Å². The van der Waals surface area contributed by atoms with Crippen LogP contribution in [0.5, 0.6) is 0 Å². The first-order chi connectivity index (χ1) is 9.31. The number of urea groups is 1. The van der Waals surface area contributed by atoms with E-state index in [4.69, 9.17) is 11.6 Å². The molecule has 0 heterocycles. The van der Waals surface area contributed by atoms with Crippen molar-refractivity contribution in [3.05, 3.63) is 38.9 Å². The summed E-state index contributed by atoms with van der Waals surface area (Å²) in [6, 6.07) is 2.19. The number of carbonyl (C=O) groups excluding carboxylic acids is 3. The van der Waals surface area contributed by atoms with E-state index in [1.807, 2.05) is 0 Å². The van der Waals surface area contributed by atoms with Crippen LogP contribution in [0.25, 0.3) is 0 Å². The molecular formula is C10H8ClN3O6. The number of amides is 3. The largest absolute Gasteiger partial charge is 0.452 e. The molecule has 9 nitrogen and oxygen atoms in total. The van der Waals surface area contributed by atoms with Gasteiger partial charge in [0.15, 0.2) is 6.61 Å². The highest BCUT2D eigenvalue weighted by Gasteiger charge is 2.22. The maximum Gasteiger partial charge on any atom is 0.345 e. The van der Waals surface area contributed by atoms with E-state index in [0.29, 0.717) is 0 Å². The minimum Gasteiger partial charge on any atom is -0.452 e. The lowest BCUT2D eigenvalue weighted by Crippen LogP contribution is -2.37. The molecule has 1 rings (SSSR count). The van der Waals surface area contributed by atoms with Crippen LogP contribution in [0.4, 0.5) is 10.5 Å². The standard InChI is InChI=1S/C10H8ClN3O6/c11-5-1-2-7(14(18)19)6(3-5)9(16)20-4-8(15)13-10(12)17/h1-3H,4H2,(H3,12,13,15,17). The summed E-state index contributed by atoms with van der Waals surface area (Å²) in [6.45, 7) is -0.814. The van der Waals surface area contributed by atoms with E-state index in [9.17, 15) is 24.5 Å². The zero-order chi connectivity index (χ0) is 15.3. The van der Waals surface area contributed by atoms with Crippen molar-refractivity contribution in [2.45, 2.75) is 0 Å². The highest BCUT2D eigenvalue weighted by Crippen LogP contribution is 2.23. The highest BCUT2D eigenvalue weighted by molar-refractivity contribution is 6.31. The van der Waals surface area contributed by atoms with Crippen molar-refractivity contribution >= 4 is 35.2 Å². The number of rotatable bonds is 4. The number of ether oxygens (including phenoxy) is 1. The first-order valence-corrected chi connectivity index (χ1v) is 5.39. The van der Waals surface area contributed by atoms with Gasteiger partial charge in [-0.1, -0.05) is 11.6 Å². The van der Waals surface area contributed by atoms with Gasteiger partial charge in [0.1, 0.15) is 5.56 Å². The second-order valence-electron chi connectivity index (χ2n) is 3.41. The number of hydrogen-bond donors (Lipinski definition) is 2. The Bertz CT molecular complexity index is 588. The van der Waals surface area contributed by atoms with E-state index in [1.54, 1.807) is 5.32 Å². The maximum atomic E-state index is 11.6. The second-order valence-corrected chi connectivity index (χ2v) is 3.84. The molecule has 0 unspecified atom stereocenters. The van der Waals surface area contributed by atoms with Crippen LogP contribution in [-0.4, -0.2) is 29.4 Å². The van der Waals surface area contributed by atoms with Gasteiger partial charge in [-0.15, -0.1) is 0 Å². The number of nitro benzene ring substituents is 1. The summed E-state index contributed by atoms with van der Waals surface area (Å²) in [7, 11) is 0. The smallest absolute Gasteiger partial charge is 0.345 e. The lowest BCUT2D eigenvalue weighted by Gasteiger charge is -2.05. The average Bonchev–Trinajstić information content (AvgIpc) is 2.34. The van der Waals surface area contributed by atoms with Crippen molar-refractivity contribution < 1.29 is 24.0 Å². The van der Waals surface area contributed by atoms with Gasteiger partial charge in [0.2, 0.25) is 0 Å². The lowest BCUT2D eigenvalue weighted by molar-refractivity contribution is -0.385. The molecule has 3 N–H and O–H groups in total. The van der Waals surface area contributed by atoms with Crippen LogP contribution < -0.4 is 11.1 Å². The first kappa shape index (κ1) is 15.4. The summed E-state index contributed by atoms with van der Waals surface area (Å²) >= 11 is 5.63. The number of nitrogens with two attached hydrogens (primary N) is 1. The van der Waals surface area contributed by atoms with Crippen molar-refractivity contribution in [2.75, 3.05) is 6.61 Å². The zero-order valence-corrected chi connectivity index (χ0v) is 10.5. The molecule has 0 spiro atoms. The van der Waals surface area contributed by atoms with Crippen LogP contribution in [0.15, 0.2) is 18.2 Å². The predicted octanol–water partition coefficient (Wildman–Crippen LogP) is 0.600. The van der Waals surface area contributed by atoms with Crippen LogP contribution in [0.3, 0.4) is 0 Å². The second kappa shape index (κ2) is 6.48. The summed E-state index contributed by atoms with van der Waals surface area (Å²) in [4.78, 5) is 43.0. The van der Waals surface area contributed by atoms with Gasteiger partial charge >= 0.3 is 12.0 Å². The van der Waals surface area contributed by atoms with Crippen LogP contribution in [0, 0.1) is 10.1 Å². The molecule has 0 atom stereocenters. The zero-order valence-electron chi connectivity index (χ0n) is 9.79. The number of hydrogen-bond acceptors (Lipinski definition) is 6. The van der Waals surface area contributed by atoms with Crippen LogP contribution in [0.1, 0.15) is 10.4 Å². The van der Waals surface area contributed by atoms with E-state index in [1.165, 1.54) is 6.07 Å². The fourth-order valence-electron chi connectivity index (χ4n) is 1.21. The number of nitro groups is 1. The van der Waals surface area contributed by atoms with Crippen LogP contribution >= 0.6 is 11.6 Å².